The van der Waals surface area contributed by atoms with Crippen molar-refractivity contribution in [2.45, 2.75) is 26.6 Å². The Bertz CT molecular complexity index is 661. The maximum Gasteiger partial charge on any atom is 0.573 e. The van der Waals surface area contributed by atoms with E-state index >= 15 is 0 Å². The molecule has 1 heterocycles. The van der Waals surface area contributed by atoms with Crippen LogP contribution in [0.4, 0.5) is 18.9 Å². The van der Waals surface area contributed by atoms with E-state index in [2.05, 4.69) is 15.2 Å². The molecule has 0 atom stereocenters. The predicted octanol–water partition coefficient (Wildman–Crippen LogP) is 3.37. The zero-order chi connectivity index (χ0) is 16.3. The van der Waals surface area contributed by atoms with Gasteiger partial charge in [-0.25, -0.2) is 0 Å². The Morgan fingerprint density at radius 2 is 2.00 bits per heavy atom. The van der Waals surface area contributed by atoms with Gasteiger partial charge in [0.15, 0.2) is 5.75 Å². The van der Waals surface area contributed by atoms with Crippen LogP contribution in [0, 0.1) is 13.8 Å². The fraction of sp³-hybridized carbons (Fsp3) is 0.286. The van der Waals surface area contributed by atoms with Crippen molar-refractivity contribution in [1.82, 2.24) is 5.16 Å². The van der Waals surface area contributed by atoms with Gasteiger partial charge in [0.25, 0.3) is 0 Å². The number of benzene rings is 1. The molecule has 0 saturated heterocycles. The van der Waals surface area contributed by atoms with Gasteiger partial charge in [-0.1, -0.05) is 17.3 Å². The topological polar surface area (TPSA) is 64.4 Å². The van der Waals surface area contributed by atoms with Crippen molar-refractivity contribution in [1.29, 1.82) is 0 Å². The molecule has 1 amide bonds. The first-order chi connectivity index (χ1) is 10.3. The van der Waals surface area contributed by atoms with Crippen LogP contribution in [-0.4, -0.2) is 17.4 Å². The highest BCUT2D eigenvalue weighted by Gasteiger charge is 2.32. The van der Waals surface area contributed by atoms with Crippen molar-refractivity contribution in [3.63, 3.8) is 0 Å². The highest BCUT2D eigenvalue weighted by molar-refractivity contribution is 5.93. The molecule has 2 aromatic rings. The number of nitrogens with one attached hydrogen (secondary N) is 1. The number of alkyl halides is 3. The third-order valence-electron chi connectivity index (χ3n) is 2.91. The molecule has 0 aliphatic rings. The molecule has 118 valence electrons. The average Bonchev–Trinajstić information content (AvgIpc) is 2.71. The number of nitrogens with zero attached hydrogens (tertiary/aromatic N) is 1. The molecule has 5 nitrogen and oxygen atoms in total. The molecule has 0 unspecified atom stereocenters. The van der Waals surface area contributed by atoms with Crippen LogP contribution in [0.5, 0.6) is 5.75 Å². The molecule has 0 radical (unpaired) electrons. The fourth-order valence-electron chi connectivity index (χ4n) is 1.89. The minimum absolute atomic E-state index is 0.0540. The van der Waals surface area contributed by atoms with Crippen LogP contribution in [-0.2, 0) is 11.2 Å². The quantitative estimate of drug-likeness (QED) is 0.939. The van der Waals surface area contributed by atoms with Crippen molar-refractivity contribution in [2.75, 3.05) is 5.32 Å². The van der Waals surface area contributed by atoms with Crippen LogP contribution in [0.25, 0.3) is 0 Å². The van der Waals surface area contributed by atoms with E-state index in [1.165, 1.54) is 18.2 Å². The SMILES string of the molecule is Cc1noc(C)c1CC(=O)Nc1ccccc1OC(F)(F)F. The van der Waals surface area contributed by atoms with Crippen molar-refractivity contribution in [3.05, 3.63) is 41.3 Å². The summed E-state index contributed by atoms with van der Waals surface area (Å²) in [5.41, 5.74) is 1.11. The largest absolute Gasteiger partial charge is 0.573 e. The molecule has 2 rings (SSSR count). The number of carbonyl (C=O) groups is 1. The number of para-hydroxylation sites is 2. The van der Waals surface area contributed by atoms with E-state index in [9.17, 15) is 18.0 Å². The maximum absolute atomic E-state index is 12.3. The number of ether oxygens (including phenoxy) is 1. The van der Waals surface area contributed by atoms with E-state index < -0.39 is 18.0 Å². The number of anilines is 1. The summed E-state index contributed by atoms with van der Waals surface area (Å²) in [6.45, 7) is 3.34. The van der Waals surface area contributed by atoms with E-state index in [1.54, 1.807) is 13.8 Å². The molecule has 0 saturated carbocycles. The zero-order valence-corrected chi connectivity index (χ0v) is 11.8. The minimum atomic E-state index is -4.83. The lowest BCUT2D eigenvalue weighted by atomic mass is 10.1. The Morgan fingerprint density at radius 3 is 2.59 bits per heavy atom. The first kappa shape index (κ1) is 15.9. The summed E-state index contributed by atoms with van der Waals surface area (Å²) in [5, 5.41) is 6.11. The van der Waals surface area contributed by atoms with Gasteiger partial charge in [-0.3, -0.25) is 4.79 Å². The van der Waals surface area contributed by atoms with Crippen LogP contribution in [0.3, 0.4) is 0 Å². The molecule has 0 aliphatic carbocycles. The van der Waals surface area contributed by atoms with Crippen molar-refractivity contribution >= 4 is 11.6 Å². The van der Waals surface area contributed by atoms with Gasteiger partial charge in [-0.05, 0) is 26.0 Å². The molecule has 0 aliphatic heterocycles. The van der Waals surface area contributed by atoms with Crippen molar-refractivity contribution < 1.29 is 27.2 Å². The molecule has 8 heteroatoms. The van der Waals surface area contributed by atoms with Crippen molar-refractivity contribution in [2.24, 2.45) is 0 Å². The van der Waals surface area contributed by atoms with Crippen LogP contribution >= 0.6 is 0 Å². The van der Waals surface area contributed by atoms with E-state index in [0.29, 0.717) is 17.0 Å². The smallest absolute Gasteiger partial charge is 0.404 e. The van der Waals surface area contributed by atoms with E-state index in [4.69, 9.17) is 4.52 Å². The summed E-state index contributed by atoms with van der Waals surface area (Å²) in [6, 6.07) is 5.32. The number of carbonyl (C=O) groups excluding carboxylic acids is 1. The standard InChI is InChI=1S/C14H13F3N2O3/c1-8-10(9(2)22-19-8)7-13(20)18-11-5-3-4-6-12(11)21-14(15,16)17/h3-6H,7H2,1-2H3,(H,18,20). The molecule has 0 fully saturated rings. The second-order valence-corrected chi connectivity index (χ2v) is 4.57. The van der Waals surface area contributed by atoms with Crippen molar-refractivity contribution in [3.8, 4) is 5.75 Å². The Kier molecular flexibility index (Phi) is 4.39. The molecule has 1 aromatic heterocycles. The van der Waals surface area contributed by atoms with E-state index in [1.807, 2.05) is 0 Å². The summed E-state index contributed by atoms with van der Waals surface area (Å²) >= 11 is 0. The fourth-order valence-corrected chi connectivity index (χ4v) is 1.89. The summed E-state index contributed by atoms with van der Waals surface area (Å²) in [5.74, 6) is -0.470. The Morgan fingerprint density at radius 1 is 1.32 bits per heavy atom. The average molecular weight is 314 g/mol. The molecule has 1 aromatic carbocycles. The van der Waals surface area contributed by atoms with Gasteiger partial charge in [0.1, 0.15) is 5.76 Å². The Labute approximate surface area is 124 Å². The zero-order valence-electron chi connectivity index (χ0n) is 11.8. The lowest BCUT2D eigenvalue weighted by molar-refractivity contribution is -0.274. The first-order valence-corrected chi connectivity index (χ1v) is 6.32. The number of aryl methyl sites for hydroxylation is 2. The van der Waals surface area contributed by atoms with Gasteiger partial charge in [-0.15, -0.1) is 13.2 Å². The molecule has 1 N–H and O–H groups in total. The second kappa shape index (κ2) is 6.08. The van der Waals surface area contributed by atoms with Crippen LogP contribution < -0.4 is 10.1 Å². The number of hydrogen-bond donors (Lipinski definition) is 1. The van der Waals surface area contributed by atoms with Gasteiger partial charge in [0.05, 0.1) is 17.8 Å². The summed E-state index contributed by atoms with van der Waals surface area (Å²) < 4.78 is 45.7. The van der Waals surface area contributed by atoms with Crippen LogP contribution in [0.1, 0.15) is 17.0 Å². The summed E-state index contributed by atoms with van der Waals surface area (Å²) in [7, 11) is 0. The predicted molar refractivity (Wildman–Crippen MR) is 71.4 cm³/mol. The summed E-state index contributed by atoms with van der Waals surface area (Å²) in [6.07, 6.45) is -4.88. The van der Waals surface area contributed by atoms with Gasteiger partial charge in [0, 0.05) is 5.56 Å². The number of amides is 1. The molecule has 22 heavy (non-hydrogen) atoms. The van der Waals surface area contributed by atoms with Gasteiger partial charge in [-0.2, -0.15) is 0 Å². The molecule has 0 bridgehead atoms. The van der Waals surface area contributed by atoms with E-state index in [0.717, 1.165) is 6.07 Å². The number of aromatic nitrogens is 1. The highest BCUT2D eigenvalue weighted by Crippen LogP contribution is 2.30. The third kappa shape index (κ3) is 4.00. The normalized spacial score (nSPS) is 11.3. The lowest BCUT2D eigenvalue weighted by Crippen LogP contribution is -2.20. The summed E-state index contributed by atoms with van der Waals surface area (Å²) in [4.78, 5) is 12.0. The Balaban J connectivity index is 2.12. The number of rotatable bonds is 4. The highest BCUT2D eigenvalue weighted by atomic mass is 19.4. The van der Waals surface area contributed by atoms with E-state index in [-0.39, 0.29) is 12.1 Å². The lowest BCUT2D eigenvalue weighted by Gasteiger charge is -2.13. The minimum Gasteiger partial charge on any atom is -0.404 e. The Hall–Kier alpha value is -2.51. The molecular weight excluding hydrogens is 301 g/mol. The van der Waals surface area contributed by atoms with Gasteiger partial charge in [0.2, 0.25) is 5.91 Å². The third-order valence-corrected chi connectivity index (χ3v) is 2.91. The van der Waals surface area contributed by atoms with Gasteiger partial charge < -0.3 is 14.6 Å². The first-order valence-electron chi connectivity index (χ1n) is 6.32. The number of hydrogen-bond acceptors (Lipinski definition) is 4. The molecular formula is C14H13F3N2O3. The second-order valence-electron chi connectivity index (χ2n) is 4.57. The monoisotopic (exact) mass is 314 g/mol. The molecule has 0 spiro atoms. The van der Waals surface area contributed by atoms with Gasteiger partial charge >= 0.3 is 6.36 Å². The van der Waals surface area contributed by atoms with Crippen LogP contribution in [0.2, 0.25) is 0 Å². The maximum atomic E-state index is 12.3. The number of halogens is 3. The van der Waals surface area contributed by atoms with Crippen LogP contribution in [0.15, 0.2) is 28.8 Å².